The van der Waals surface area contributed by atoms with Crippen LogP contribution in [0.5, 0.6) is 0 Å². The Morgan fingerprint density at radius 2 is 2.50 bits per heavy atom. The Morgan fingerprint density at radius 1 is 1.75 bits per heavy atom. The highest BCUT2D eigenvalue weighted by atomic mass is 16.5. The third-order valence-corrected chi connectivity index (χ3v) is 1.94. The van der Waals surface area contributed by atoms with Crippen molar-refractivity contribution in [2.75, 3.05) is 26.7 Å². The molecule has 4 nitrogen and oxygen atoms in total. The normalized spacial score (nSPS) is 23.3. The van der Waals surface area contributed by atoms with E-state index in [4.69, 9.17) is 9.84 Å². The van der Waals surface area contributed by atoms with Crippen molar-refractivity contribution in [3.8, 4) is 0 Å². The minimum atomic E-state index is -0.782. The van der Waals surface area contributed by atoms with Crippen LogP contribution in [0.4, 0.5) is 0 Å². The molecule has 1 unspecified atom stereocenters. The van der Waals surface area contributed by atoms with Crippen molar-refractivity contribution in [3.05, 3.63) is 0 Å². The number of ether oxygens (including phenoxy) is 1. The molecule has 0 aromatic rings. The molecule has 1 aliphatic rings. The van der Waals surface area contributed by atoms with Crippen molar-refractivity contribution >= 4 is 5.97 Å². The molecule has 1 N–H and O–H groups in total. The van der Waals surface area contributed by atoms with Gasteiger partial charge in [0.1, 0.15) is 0 Å². The summed E-state index contributed by atoms with van der Waals surface area (Å²) in [5, 5.41) is 8.48. The van der Waals surface area contributed by atoms with Gasteiger partial charge < -0.3 is 9.84 Å². The van der Waals surface area contributed by atoms with Gasteiger partial charge in [0.05, 0.1) is 12.6 Å². The Kier molecular flexibility index (Phi) is 3.49. The van der Waals surface area contributed by atoms with Crippen LogP contribution >= 0.6 is 0 Å². The minimum Gasteiger partial charge on any atom is -0.480 e. The first-order chi connectivity index (χ1) is 5.68. The summed E-state index contributed by atoms with van der Waals surface area (Å²) < 4.78 is 5.37. The SMILES string of the molecule is CN(CC(=O)O)CC1CCCO1. The summed E-state index contributed by atoms with van der Waals surface area (Å²) in [5.74, 6) is -0.782. The van der Waals surface area contributed by atoms with Crippen molar-refractivity contribution in [1.82, 2.24) is 4.90 Å². The molecule has 1 heterocycles. The van der Waals surface area contributed by atoms with Crippen LogP contribution in [0.25, 0.3) is 0 Å². The third kappa shape index (κ3) is 3.19. The molecule has 0 amide bonds. The molecule has 1 saturated heterocycles. The lowest BCUT2D eigenvalue weighted by molar-refractivity contribution is -0.138. The molecule has 1 atom stereocenters. The molecule has 0 aromatic heterocycles. The molecule has 12 heavy (non-hydrogen) atoms. The van der Waals surface area contributed by atoms with Crippen molar-refractivity contribution in [2.24, 2.45) is 0 Å². The maximum atomic E-state index is 10.3. The van der Waals surface area contributed by atoms with Crippen LogP contribution in [0.15, 0.2) is 0 Å². The number of hydrogen-bond acceptors (Lipinski definition) is 3. The fourth-order valence-corrected chi connectivity index (χ4v) is 1.43. The molecule has 1 aliphatic heterocycles. The predicted octanol–water partition coefficient (Wildman–Crippen LogP) is 0.182. The second kappa shape index (κ2) is 4.42. The number of likely N-dealkylation sites (N-methyl/N-ethyl adjacent to an activating group) is 1. The summed E-state index contributed by atoms with van der Waals surface area (Å²) in [5.41, 5.74) is 0. The highest BCUT2D eigenvalue weighted by Crippen LogP contribution is 2.12. The quantitative estimate of drug-likeness (QED) is 0.659. The summed E-state index contributed by atoms with van der Waals surface area (Å²) in [7, 11) is 1.80. The topological polar surface area (TPSA) is 49.8 Å². The highest BCUT2D eigenvalue weighted by molar-refractivity contribution is 5.68. The van der Waals surface area contributed by atoms with Gasteiger partial charge in [0.25, 0.3) is 0 Å². The van der Waals surface area contributed by atoms with Gasteiger partial charge >= 0.3 is 5.97 Å². The first-order valence-electron chi connectivity index (χ1n) is 4.20. The van der Waals surface area contributed by atoms with E-state index in [0.29, 0.717) is 0 Å². The number of carboxylic acid groups (broad SMARTS) is 1. The average molecular weight is 173 g/mol. The summed E-state index contributed by atoms with van der Waals surface area (Å²) in [6.45, 7) is 1.65. The van der Waals surface area contributed by atoms with Gasteiger partial charge in [0.2, 0.25) is 0 Å². The average Bonchev–Trinajstić information content (AvgIpc) is 2.37. The number of carboxylic acids is 1. The number of hydrogen-bond donors (Lipinski definition) is 1. The molecule has 0 aromatic carbocycles. The summed E-state index contributed by atoms with van der Waals surface area (Å²) in [4.78, 5) is 12.1. The molecule has 0 spiro atoms. The van der Waals surface area contributed by atoms with Gasteiger partial charge in [-0.1, -0.05) is 0 Å². The van der Waals surface area contributed by atoms with E-state index in [2.05, 4.69) is 0 Å². The lowest BCUT2D eigenvalue weighted by atomic mass is 10.2. The zero-order chi connectivity index (χ0) is 8.97. The number of carbonyl (C=O) groups is 1. The monoisotopic (exact) mass is 173 g/mol. The lowest BCUT2D eigenvalue weighted by Gasteiger charge is -2.17. The Bertz CT molecular complexity index is 154. The number of nitrogens with zero attached hydrogens (tertiary/aromatic N) is 1. The van der Waals surface area contributed by atoms with Crippen LogP contribution in [0, 0.1) is 0 Å². The highest BCUT2D eigenvalue weighted by Gasteiger charge is 2.17. The van der Waals surface area contributed by atoms with Crippen molar-refractivity contribution < 1.29 is 14.6 Å². The van der Waals surface area contributed by atoms with Crippen molar-refractivity contribution in [2.45, 2.75) is 18.9 Å². The zero-order valence-electron chi connectivity index (χ0n) is 7.32. The van der Waals surface area contributed by atoms with Gasteiger partial charge in [-0.15, -0.1) is 0 Å². The van der Waals surface area contributed by atoms with E-state index in [0.717, 1.165) is 26.0 Å². The summed E-state index contributed by atoms with van der Waals surface area (Å²) in [6.07, 6.45) is 2.41. The lowest BCUT2D eigenvalue weighted by Crippen LogP contribution is -2.32. The van der Waals surface area contributed by atoms with E-state index < -0.39 is 5.97 Å². The Balaban J connectivity index is 2.16. The number of aliphatic carboxylic acids is 1. The smallest absolute Gasteiger partial charge is 0.317 e. The van der Waals surface area contributed by atoms with Gasteiger partial charge in [-0.2, -0.15) is 0 Å². The van der Waals surface area contributed by atoms with E-state index in [-0.39, 0.29) is 12.6 Å². The fourth-order valence-electron chi connectivity index (χ4n) is 1.43. The largest absolute Gasteiger partial charge is 0.480 e. The van der Waals surface area contributed by atoms with Crippen LogP contribution in [0.3, 0.4) is 0 Å². The van der Waals surface area contributed by atoms with E-state index in [9.17, 15) is 4.79 Å². The van der Waals surface area contributed by atoms with E-state index >= 15 is 0 Å². The standard InChI is InChI=1S/C8H15NO3/c1-9(6-8(10)11)5-7-3-2-4-12-7/h7H,2-6H2,1H3,(H,10,11). The molecular formula is C8H15NO3. The fraction of sp³-hybridized carbons (Fsp3) is 0.875. The van der Waals surface area contributed by atoms with Crippen LogP contribution in [-0.2, 0) is 9.53 Å². The molecule has 0 bridgehead atoms. The second-order valence-corrected chi connectivity index (χ2v) is 3.23. The van der Waals surface area contributed by atoms with E-state index in [1.807, 2.05) is 0 Å². The molecule has 0 radical (unpaired) electrons. The van der Waals surface area contributed by atoms with Gasteiger partial charge in [-0.25, -0.2) is 0 Å². The van der Waals surface area contributed by atoms with Crippen molar-refractivity contribution in [1.29, 1.82) is 0 Å². The molecular weight excluding hydrogens is 158 g/mol. The Morgan fingerprint density at radius 3 is 3.00 bits per heavy atom. The number of rotatable bonds is 4. The van der Waals surface area contributed by atoms with Crippen LogP contribution in [-0.4, -0.2) is 48.8 Å². The van der Waals surface area contributed by atoms with Crippen LogP contribution in [0.1, 0.15) is 12.8 Å². The third-order valence-electron chi connectivity index (χ3n) is 1.94. The molecule has 1 fully saturated rings. The molecule has 0 aliphatic carbocycles. The Labute approximate surface area is 72.1 Å². The van der Waals surface area contributed by atoms with Gasteiger partial charge in [0.15, 0.2) is 0 Å². The van der Waals surface area contributed by atoms with Gasteiger partial charge in [-0.05, 0) is 19.9 Å². The van der Waals surface area contributed by atoms with Gasteiger partial charge in [-0.3, -0.25) is 9.69 Å². The maximum Gasteiger partial charge on any atom is 0.317 e. The van der Waals surface area contributed by atoms with Crippen LogP contribution < -0.4 is 0 Å². The van der Waals surface area contributed by atoms with Crippen molar-refractivity contribution in [3.63, 3.8) is 0 Å². The molecule has 4 heteroatoms. The Hall–Kier alpha value is -0.610. The molecule has 0 saturated carbocycles. The van der Waals surface area contributed by atoms with E-state index in [1.165, 1.54) is 0 Å². The van der Waals surface area contributed by atoms with Gasteiger partial charge in [0, 0.05) is 13.2 Å². The molecule has 70 valence electrons. The maximum absolute atomic E-state index is 10.3. The minimum absolute atomic E-state index is 0.0971. The second-order valence-electron chi connectivity index (χ2n) is 3.23. The van der Waals surface area contributed by atoms with Crippen LogP contribution in [0.2, 0.25) is 0 Å². The molecule has 1 rings (SSSR count). The zero-order valence-corrected chi connectivity index (χ0v) is 7.32. The first-order valence-corrected chi connectivity index (χ1v) is 4.20. The predicted molar refractivity (Wildman–Crippen MR) is 44.1 cm³/mol. The summed E-state index contributed by atoms with van der Waals surface area (Å²) >= 11 is 0. The first kappa shape index (κ1) is 9.48. The van der Waals surface area contributed by atoms with E-state index in [1.54, 1.807) is 11.9 Å². The summed E-state index contributed by atoms with van der Waals surface area (Å²) in [6, 6.07) is 0.